The van der Waals surface area contributed by atoms with Crippen LogP contribution in [0.25, 0.3) is 5.52 Å². The molecule has 1 aliphatic rings. The quantitative estimate of drug-likeness (QED) is 0.625. The Labute approximate surface area is 111 Å². The molecule has 0 unspecified atom stereocenters. The van der Waals surface area contributed by atoms with Crippen LogP contribution in [0.1, 0.15) is 40.6 Å². The van der Waals surface area contributed by atoms with Crippen LogP contribution >= 0.6 is 0 Å². The fourth-order valence-corrected chi connectivity index (χ4v) is 2.27. The predicted octanol–water partition coefficient (Wildman–Crippen LogP) is 2.71. The van der Waals surface area contributed by atoms with Crippen LogP contribution in [0.3, 0.4) is 0 Å². The summed E-state index contributed by atoms with van der Waals surface area (Å²) < 4.78 is 6.83. The van der Waals surface area contributed by atoms with E-state index in [1.807, 2.05) is 24.4 Å². The van der Waals surface area contributed by atoms with Gasteiger partial charge in [0.25, 0.3) is 0 Å². The van der Waals surface area contributed by atoms with Crippen molar-refractivity contribution in [3.8, 4) is 0 Å². The van der Waals surface area contributed by atoms with Crippen molar-refractivity contribution in [1.82, 2.24) is 4.40 Å². The Morgan fingerprint density at radius 1 is 1.37 bits per heavy atom. The summed E-state index contributed by atoms with van der Waals surface area (Å²) in [5.41, 5.74) is 1.78. The maximum Gasteiger partial charge on any atom is 0.340 e. The van der Waals surface area contributed by atoms with Gasteiger partial charge in [0.2, 0.25) is 0 Å². The van der Waals surface area contributed by atoms with Gasteiger partial charge in [0.15, 0.2) is 5.78 Å². The van der Waals surface area contributed by atoms with Crippen LogP contribution in [0.5, 0.6) is 0 Å². The van der Waals surface area contributed by atoms with E-state index in [0.717, 1.165) is 18.4 Å². The highest BCUT2D eigenvalue weighted by atomic mass is 16.5. The Hall–Kier alpha value is -2.10. The minimum absolute atomic E-state index is 0.122. The van der Waals surface area contributed by atoms with E-state index in [4.69, 9.17) is 4.74 Å². The van der Waals surface area contributed by atoms with Crippen molar-refractivity contribution in [2.45, 2.75) is 19.8 Å². The Kier molecular flexibility index (Phi) is 2.85. The van der Waals surface area contributed by atoms with Crippen molar-refractivity contribution in [2.75, 3.05) is 6.61 Å². The third-order valence-electron chi connectivity index (χ3n) is 3.37. The van der Waals surface area contributed by atoms with Gasteiger partial charge >= 0.3 is 5.97 Å². The molecular weight excluding hydrogens is 242 g/mol. The lowest BCUT2D eigenvalue weighted by Crippen LogP contribution is -2.04. The first kappa shape index (κ1) is 12.0. The number of esters is 1. The average molecular weight is 257 g/mol. The first-order valence-electron chi connectivity index (χ1n) is 6.53. The lowest BCUT2D eigenvalue weighted by Gasteiger charge is -2.01. The first-order valence-corrected chi connectivity index (χ1v) is 6.53. The van der Waals surface area contributed by atoms with Gasteiger partial charge in [0.1, 0.15) is 0 Å². The molecule has 1 aliphatic carbocycles. The summed E-state index contributed by atoms with van der Waals surface area (Å²) in [4.78, 5) is 24.2. The van der Waals surface area contributed by atoms with Gasteiger partial charge < -0.3 is 9.14 Å². The molecule has 3 rings (SSSR count). The number of fused-ring (bicyclic) bond motifs is 1. The summed E-state index contributed by atoms with van der Waals surface area (Å²) in [5, 5.41) is 0. The zero-order valence-corrected chi connectivity index (χ0v) is 10.8. The monoisotopic (exact) mass is 257 g/mol. The van der Waals surface area contributed by atoms with Crippen LogP contribution in [-0.2, 0) is 4.74 Å². The highest BCUT2D eigenvalue weighted by molar-refractivity contribution is 6.05. The maximum atomic E-state index is 12.2. The van der Waals surface area contributed by atoms with Gasteiger partial charge in [0.05, 0.1) is 23.4 Å². The van der Waals surface area contributed by atoms with Crippen LogP contribution in [-0.4, -0.2) is 22.8 Å². The number of nitrogens with zero attached hydrogens (tertiary/aromatic N) is 1. The number of aromatic nitrogens is 1. The van der Waals surface area contributed by atoms with Crippen molar-refractivity contribution in [2.24, 2.45) is 5.92 Å². The lowest BCUT2D eigenvalue weighted by molar-refractivity contribution is 0.0529. The number of ether oxygens (including phenoxy) is 1. The SMILES string of the molecule is CCOC(=O)c1cc(C(=O)C2CC2)n2ccccc12. The van der Waals surface area contributed by atoms with Gasteiger partial charge in [-0.2, -0.15) is 0 Å². The second-order valence-corrected chi connectivity index (χ2v) is 4.76. The van der Waals surface area contributed by atoms with Gasteiger partial charge in [-0.15, -0.1) is 0 Å². The van der Waals surface area contributed by atoms with Crippen LogP contribution < -0.4 is 0 Å². The van der Waals surface area contributed by atoms with E-state index in [2.05, 4.69) is 0 Å². The van der Waals surface area contributed by atoms with Crippen LogP contribution in [0, 0.1) is 5.92 Å². The number of Topliss-reactive ketones (excluding diaryl/α,β-unsaturated/α-hetero) is 1. The van der Waals surface area contributed by atoms with E-state index in [9.17, 15) is 9.59 Å². The van der Waals surface area contributed by atoms with E-state index < -0.39 is 0 Å². The Bertz CT molecular complexity index is 652. The number of rotatable bonds is 4. The smallest absolute Gasteiger partial charge is 0.340 e. The van der Waals surface area contributed by atoms with E-state index in [1.165, 1.54) is 0 Å². The molecule has 1 fully saturated rings. The molecule has 4 heteroatoms. The molecule has 19 heavy (non-hydrogen) atoms. The topological polar surface area (TPSA) is 47.8 Å². The van der Waals surface area contributed by atoms with Gasteiger partial charge in [-0.3, -0.25) is 4.79 Å². The molecule has 1 saturated carbocycles. The Balaban J connectivity index is 2.12. The summed E-state index contributed by atoms with van der Waals surface area (Å²) in [6.07, 6.45) is 3.72. The minimum atomic E-state index is -0.374. The van der Waals surface area contributed by atoms with Crippen molar-refractivity contribution < 1.29 is 14.3 Å². The van der Waals surface area contributed by atoms with Crippen molar-refractivity contribution in [3.05, 3.63) is 41.7 Å². The fraction of sp³-hybridized carbons (Fsp3) is 0.333. The normalized spacial score (nSPS) is 14.6. The summed E-state index contributed by atoms with van der Waals surface area (Å²) in [6.45, 7) is 2.10. The molecular formula is C15H15NO3. The molecule has 0 saturated heterocycles. The molecule has 98 valence electrons. The third kappa shape index (κ3) is 2.03. The molecule has 2 aromatic rings. The maximum absolute atomic E-state index is 12.2. The van der Waals surface area contributed by atoms with E-state index in [1.54, 1.807) is 17.4 Å². The Morgan fingerprint density at radius 2 is 2.16 bits per heavy atom. The zero-order valence-electron chi connectivity index (χ0n) is 10.8. The molecule has 4 nitrogen and oxygen atoms in total. The van der Waals surface area contributed by atoms with Crippen LogP contribution in [0.15, 0.2) is 30.5 Å². The van der Waals surface area contributed by atoms with Gasteiger partial charge in [-0.1, -0.05) is 6.07 Å². The Morgan fingerprint density at radius 3 is 2.84 bits per heavy atom. The highest BCUT2D eigenvalue weighted by Gasteiger charge is 2.33. The molecule has 0 spiro atoms. The standard InChI is InChI=1S/C15H15NO3/c1-2-19-15(18)11-9-13(14(17)10-6-7-10)16-8-4-3-5-12(11)16/h3-5,8-10H,2,6-7H2,1H3. The molecule has 0 bridgehead atoms. The molecule has 2 aromatic heterocycles. The second-order valence-electron chi connectivity index (χ2n) is 4.76. The number of pyridine rings is 1. The molecule has 0 atom stereocenters. The number of hydrogen-bond donors (Lipinski definition) is 0. The van der Waals surface area contributed by atoms with Gasteiger partial charge in [-0.25, -0.2) is 4.79 Å². The molecule has 0 aromatic carbocycles. The minimum Gasteiger partial charge on any atom is -0.462 e. The predicted molar refractivity (Wildman–Crippen MR) is 70.4 cm³/mol. The summed E-state index contributed by atoms with van der Waals surface area (Å²) in [5.74, 6) is -0.119. The largest absolute Gasteiger partial charge is 0.462 e. The summed E-state index contributed by atoms with van der Waals surface area (Å²) in [7, 11) is 0. The van der Waals surface area contributed by atoms with Crippen molar-refractivity contribution >= 4 is 17.3 Å². The van der Waals surface area contributed by atoms with Crippen molar-refractivity contribution in [3.63, 3.8) is 0 Å². The zero-order chi connectivity index (χ0) is 13.4. The molecule has 0 amide bonds. The fourth-order valence-electron chi connectivity index (χ4n) is 2.27. The number of carbonyl (C=O) groups is 2. The van der Waals surface area contributed by atoms with E-state index in [0.29, 0.717) is 17.9 Å². The van der Waals surface area contributed by atoms with E-state index in [-0.39, 0.29) is 17.7 Å². The summed E-state index contributed by atoms with van der Waals surface area (Å²) in [6, 6.07) is 7.19. The van der Waals surface area contributed by atoms with E-state index >= 15 is 0 Å². The number of carbonyl (C=O) groups excluding carboxylic acids is 2. The molecule has 0 aliphatic heterocycles. The number of ketones is 1. The molecule has 2 heterocycles. The van der Waals surface area contributed by atoms with Gasteiger partial charge in [0, 0.05) is 12.1 Å². The van der Waals surface area contributed by atoms with Crippen LogP contribution in [0.4, 0.5) is 0 Å². The third-order valence-corrected chi connectivity index (χ3v) is 3.37. The van der Waals surface area contributed by atoms with Crippen molar-refractivity contribution in [1.29, 1.82) is 0 Å². The first-order chi connectivity index (χ1) is 9.22. The van der Waals surface area contributed by atoms with Gasteiger partial charge in [-0.05, 0) is 38.0 Å². The van der Waals surface area contributed by atoms with Crippen LogP contribution in [0.2, 0.25) is 0 Å². The summed E-state index contributed by atoms with van der Waals surface area (Å²) >= 11 is 0. The molecule has 0 N–H and O–H groups in total. The number of hydrogen-bond acceptors (Lipinski definition) is 3. The molecule has 0 radical (unpaired) electrons. The second kappa shape index (κ2) is 4.53. The lowest BCUT2D eigenvalue weighted by atomic mass is 10.2. The highest BCUT2D eigenvalue weighted by Crippen LogP contribution is 2.33. The average Bonchev–Trinajstić information content (AvgIpc) is 3.19.